The number of aryl methyl sites for hydroxylation is 1. The Bertz CT molecular complexity index is 512. The SMILES string of the molecule is Cc1csc(C2C(C(=O)O)CCCC(=O)N2C(C)C)n1. The molecule has 5 nitrogen and oxygen atoms in total. The van der Waals surface area contributed by atoms with E-state index in [2.05, 4.69) is 4.98 Å². The van der Waals surface area contributed by atoms with Gasteiger partial charge in [0.2, 0.25) is 5.91 Å². The quantitative estimate of drug-likeness (QED) is 0.930. The summed E-state index contributed by atoms with van der Waals surface area (Å²) in [6.45, 7) is 5.74. The molecule has 2 unspecified atom stereocenters. The maximum Gasteiger partial charge on any atom is 0.309 e. The zero-order chi connectivity index (χ0) is 14.9. The number of carbonyl (C=O) groups excluding carboxylic acids is 1. The van der Waals surface area contributed by atoms with Crippen molar-refractivity contribution in [1.29, 1.82) is 0 Å². The number of carbonyl (C=O) groups is 2. The average Bonchev–Trinajstić information content (AvgIpc) is 2.68. The normalized spacial score (nSPS) is 24.0. The first-order chi connectivity index (χ1) is 9.41. The fraction of sp³-hybridized carbons (Fsp3) is 0.643. The summed E-state index contributed by atoms with van der Waals surface area (Å²) in [5, 5.41) is 12.2. The summed E-state index contributed by atoms with van der Waals surface area (Å²) in [6.07, 6.45) is 1.57. The Labute approximate surface area is 122 Å². The highest BCUT2D eigenvalue weighted by atomic mass is 32.1. The molecule has 0 aromatic carbocycles. The molecule has 0 spiro atoms. The second kappa shape index (κ2) is 5.91. The number of hydrogen-bond acceptors (Lipinski definition) is 4. The van der Waals surface area contributed by atoms with Gasteiger partial charge in [0.25, 0.3) is 0 Å². The van der Waals surface area contributed by atoms with Crippen LogP contribution in [0.4, 0.5) is 0 Å². The molecule has 2 heterocycles. The molecule has 1 aromatic rings. The molecule has 0 bridgehead atoms. The van der Waals surface area contributed by atoms with Crippen molar-refractivity contribution < 1.29 is 14.7 Å². The molecule has 0 saturated carbocycles. The summed E-state index contributed by atoms with van der Waals surface area (Å²) in [6, 6.07) is -0.474. The predicted octanol–water partition coefficient (Wildman–Crippen LogP) is 2.61. The zero-order valence-corrected chi connectivity index (χ0v) is 12.8. The highest BCUT2D eigenvalue weighted by Crippen LogP contribution is 2.38. The molecule has 1 fully saturated rings. The van der Waals surface area contributed by atoms with E-state index in [-0.39, 0.29) is 11.9 Å². The van der Waals surface area contributed by atoms with Gasteiger partial charge in [-0.05, 0) is 33.6 Å². The molecule has 110 valence electrons. The standard InChI is InChI=1S/C14H20N2O3S/c1-8(2)16-11(17)6-4-5-10(14(18)19)12(16)13-15-9(3)7-20-13/h7-8,10,12H,4-6H2,1-3H3,(H,18,19). The van der Waals surface area contributed by atoms with Crippen molar-refractivity contribution in [2.24, 2.45) is 5.92 Å². The minimum absolute atomic E-state index is 0.0293. The smallest absolute Gasteiger partial charge is 0.309 e. The number of rotatable bonds is 3. The molecule has 1 aromatic heterocycles. The summed E-state index contributed by atoms with van der Waals surface area (Å²) in [7, 11) is 0. The Morgan fingerprint density at radius 1 is 1.55 bits per heavy atom. The van der Waals surface area contributed by atoms with Crippen molar-refractivity contribution in [2.45, 2.75) is 52.1 Å². The van der Waals surface area contributed by atoms with Gasteiger partial charge in [0.05, 0.1) is 12.0 Å². The first kappa shape index (κ1) is 15.0. The van der Waals surface area contributed by atoms with Crippen LogP contribution in [0, 0.1) is 12.8 Å². The zero-order valence-electron chi connectivity index (χ0n) is 12.0. The Morgan fingerprint density at radius 2 is 2.25 bits per heavy atom. The first-order valence-electron chi connectivity index (χ1n) is 6.87. The van der Waals surface area contributed by atoms with Gasteiger partial charge < -0.3 is 10.0 Å². The van der Waals surface area contributed by atoms with E-state index >= 15 is 0 Å². The van der Waals surface area contributed by atoms with Crippen LogP contribution in [-0.4, -0.2) is 32.9 Å². The van der Waals surface area contributed by atoms with Crippen LogP contribution in [0.15, 0.2) is 5.38 Å². The van der Waals surface area contributed by atoms with Crippen LogP contribution in [0.25, 0.3) is 0 Å². The molecule has 1 aliphatic heterocycles. The lowest BCUT2D eigenvalue weighted by atomic mass is 9.94. The minimum atomic E-state index is -0.844. The number of amides is 1. The van der Waals surface area contributed by atoms with Gasteiger partial charge in [0, 0.05) is 23.5 Å². The Hall–Kier alpha value is -1.43. The maximum atomic E-state index is 12.3. The molecule has 1 amide bonds. The summed E-state index contributed by atoms with van der Waals surface area (Å²) in [4.78, 5) is 30.1. The third-order valence-electron chi connectivity index (χ3n) is 3.64. The van der Waals surface area contributed by atoms with Crippen molar-refractivity contribution in [3.05, 3.63) is 16.1 Å². The predicted molar refractivity (Wildman–Crippen MR) is 76.6 cm³/mol. The Morgan fingerprint density at radius 3 is 2.75 bits per heavy atom. The molecule has 0 aliphatic carbocycles. The number of aromatic nitrogens is 1. The first-order valence-corrected chi connectivity index (χ1v) is 7.75. The van der Waals surface area contributed by atoms with Gasteiger partial charge in [0.15, 0.2) is 0 Å². The molecule has 0 radical (unpaired) electrons. The Kier molecular flexibility index (Phi) is 4.42. The van der Waals surface area contributed by atoms with Crippen molar-refractivity contribution in [3.63, 3.8) is 0 Å². The molecule has 2 rings (SSSR count). The van der Waals surface area contributed by atoms with Gasteiger partial charge >= 0.3 is 5.97 Å². The van der Waals surface area contributed by atoms with Crippen LogP contribution in [0.2, 0.25) is 0 Å². The van der Waals surface area contributed by atoms with Crippen LogP contribution in [-0.2, 0) is 9.59 Å². The third-order valence-corrected chi connectivity index (χ3v) is 4.67. The molecule has 2 atom stereocenters. The second-order valence-electron chi connectivity index (χ2n) is 5.50. The van der Waals surface area contributed by atoms with Crippen molar-refractivity contribution in [3.8, 4) is 0 Å². The third kappa shape index (κ3) is 2.85. The van der Waals surface area contributed by atoms with E-state index < -0.39 is 17.9 Å². The average molecular weight is 296 g/mol. The van der Waals surface area contributed by atoms with Crippen LogP contribution in [0.3, 0.4) is 0 Å². The largest absolute Gasteiger partial charge is 0.481 e. The fourth-order valence-corrected chi connectivity index (χ4v) is 3.73. The summed E-state index contributed by atoms with van der Waals surface area (Å²) < 4.78 is 0. The number of carboxylic acid groups (broad SMARTS) is 1. The van der Waals surface area contributed by atoms with E-state index in [0.717, 1.165) is 10.7 Å². The molecule has 20 heavy (non-hydrogen) atoms. The summed E-state index contributed by atoms with van der Waals surface area (Å²) in [5.74, 6) is -1.39. The molecular weight excluding hydrogens is 276 g/mol. The Balaban J connectivity index is 2.48. The van der Waals surface area contributed by atoms with E-state index in [0.29, 0.717) is 19.3 Å². The van der Waals surface area contributed by atoms with E-state index in [1.807, 2.05) is 26.2 Å². The van der Waals surface area contributed by atoms with Crippen molar-refractivity contribution >= 4 is 23.2 Å². The monoisotopic (exact) mass is 296 g/mol. The number of aliphatic carboxylic acids is 1. The van der Waals surface area contributed by atoms with E-state index in [4.69, 9.17) is 0 Å². The van der Waals surface area contributed by atoms with E-state index in [9.17, 15) is 14.7 Å². The number of nitrogens with zero attached hydrogens (tertiary/aromatic N) is 2. The van der Waals surface area contributed by atoms with Gasteiger partial charge in [-0.2, -0.15) is 0 Å². The van der Waals surface area contributed by atoms with E-state index in [1.54, 1.807) is 4.90 Å². The summed E-state index contributed by atoms with van der Waals surface area (Å²) in [5.41, 5.74) is 0.870. The minimum Gasteiger partial charge on any atom is -0.481 e. The number of hydrogen-bond donors (Lipinski definition) is 1. The molecular formula is C14H20N2O3S. The van der Waals surface area contributed by atoms with Gasteiger partial charge in [-0.25, -0.2) is 4.98 Å². The molecule has 1 saturated heterocycles. The summed E-state index contributed by atoms with van der Waals surface area (Å²) >= 11 is 1.44. The lowest BCUT2D eigenvalue weighted by Gasteiger charge is -2.35. The molecule has 1 N–H and O–H groups in total. The van der Waals surface area contributed by atoms with Crippen molar-refractivity contribution in [2.75, 3.05) is 0 Å². The van der Waals surface area contributed by atoms with Crippen molar-refractivity contribution in [1.82, 2.24) is 9.88 Å². The highest BCUT2D eigenvalue weighted by Gasteiger charge is 2.41. The lowest BCUT2D eigenvalue weighted by Crippen LogP contribution is -2.43. The fourth-order valence-electron chi connectivity index (χ4n) is 2.78. The van der Waals surface area contributed by atoms with Gasteiger partial charge in [-0.1, -0.05) is 0 Å². The topological polar surface area (TPSA) is 70.5 Å². The maximum absolute atomic E-state index is 12.3. The number of thiazole rings is 1. The number of likely N-dealkylation sites (tertiary alicyclic amines) is 1. The van der Waals surface area contributed by atoms with E-state index in [1.165, 1.54) is 11.3 Å². The molecule has 6 heteroatoms. The number of carboxylic acids is 1. The lowest BCUT2D eigenvalue weighted by molar-refractivity contribution is -0.147. The van der Waals surface area contributed by atoms with Crippen LogP contribution >= 0.6 is 11.3 Å². The van der Waals surface area contributed by atoms with Gasteiger partial charge in [-0.3, -0.25) is 9.59 Å². The van der Waals surface area contributed by atoms with Gasteiger partial charge in [0.1, 0.15) is 5.01 Å². The highest BCUT2D eigenvalue weighted by molar-refractivity contribution is 7.09. The van der Waals surface area contributed by atoms with Gasteiger partial charge in [-0.15, -0.1) is 11.3 Å². The second-order valence-corrected chi connectivity index (χ2v) is 6.39. The van der Waals surface area contributed by atoms with Crippen LogP contribution < -0.4 is 0 Å². The van der Waals surface area contributed by atoms with Crippen LogP contribution in [0.5, 0.6) is 0 Å². The molecule has 1 aliphatic rings. The van der Waals surface area contributed by atoms with Crippen LogP contribution in [0.1, 0.15) is 49.9 Å².